The monoisotopic (exact) mass is 212 g/mol. The maximum absolute atomic E-state index is 9.67. The zero-order valence-electron chi connectivity index (χ0n) is 9.54. The molecular formula is C12H24N2O. The summed E-state index contributed by atoms with van der Waals surface area (Å²) in [5.41, 5.74) is 0. The molecular weight excluding hydrogens is 188 g/mol. The van der Waals surface area contributed by atoms with Crippen LogP contribution in [0.4, 0.5) is 0 Å². The largest absolute Gasteiger partial charge is 0.393 e. The molecule has 1 aliphatic carbocycles. The minimum Gasteiger partial charge on any atom is -0.393 e. The topological polar surface area (TPSA) is 44.3 Å². The number of piperidine rings is 1. The highest BCUT2D eigenvalue weighted by molar-refractivity contribution is 4.80. The van der Waals surface area contributed by atoms with Gasteiger partial charge < -0.3 is 15.7 Å². The van der Waals surface area contributed by atoms with Crippen molar-refractivity contribution in [1.82, 2.24) is 10.6 Å². The molecule has 0 amide bonds. The summed E-state index contributed by atoms with van der Waals surface area (Å²) in [5.74, 6) is 0.508. The molecule has 3 unspecified atom stereocenters. The standard InChI is InChI=1S/C12H24N2O/c15-12-6-3-4-10(12)8-13-9-11-5-1-2-7-14-11/h10-15H,1-9H2. The third kappa shape index (κ3) is 3.44. The van der Waals surface area contributed by atoms with Crippen molar-refractivity contribution in [3.63, 3.8) is 0 Å². The van der Waals surface area contributed by atoms with E-state index < -0.39 is 0 Å². The summed E-state index contributed by atoms with van der Waals surface area (Å²) in [6.45, 7) is 3.25. The molecule has 3 atom stereocenters. The molecule has 0 aromatic carbocycles. The Bertz CT molecular complexity index is 180. The molecule has 3 N–H and O–H groups in total. The summed E-state index contributed by atoms with van der Waals surface area (Å²) in [6.07, 6.45) is 7.37. The summed E-state index contributed by atoms with van der Waals surface area (Å²) in [7, 11) is 0. The van der Waals surface area contributed by atoms with Gasteiger partial charge in [0.1, 0.15) is 0 Å². The zero-order valence-corrected chi connectivity index (χ0v) is 9.54. The molecule has 15 heavy (non-hydrogen) atoms. The molecule has 0 radical (unpaired) electrons. The van der Waals surface area contributed by atoms with Gasteiger partial charge in [-0.15, -0.1) is 0 Å². The summed E-state index contributed by atoms with van der Waals surface area (Å²) >= 11 is 0. The summed E-state index contributed by atoms with van der Waals surface area (Å²) in [6, 6.07) is 0.664. The van der Waals surface area contributed by atoms with Gasteiger partial charge in [-0.3, -0.25) is 0 Å². The maximum Gasteiger partial charge on any atom is 0.0580 e. The van der Waals surface area contributed by atoms with Crippen LogP contribution in [0.25, 0.3) is 0 Å². The van der Waals surface area contributed by atoms with Gasteiger partial charge in [0, 0.05) is 19.1 Å². The second-order valence-corrected chi connectivity index (χ2v) is 5.06. The molecule has 0 aromatic heterocycles. The highest BCUT2D eigenvalue weighted by atomic mass is 16.3. The fourth-order valence-corrected chi connectivity index (χ4v) is 2.80. The van der Waals surface area contributed by atoms with Crippen LogP contribution in [-0.2, 0) is 0 Å². The first-order chi connectivity index (χ1) is 7.36. The van der Waals surface area contributed by atoms with E-state index in [1.165, 1.54) is 38.6 Å². The minimum absolute atomic E-state index is 0.0446. The molecule has 3 heteroatoms. The lowest BCUT2D eigenvalue weighted by atomic mass is 10.0. The van der Waals surface area contributed by atoms with E-state index in [1.807, 2.05) is 0 Å². The van der Waals surface area contributed by atoms with Gasteiger partial charge in [-0.05, 0) is 38.1 Å². The molecule has 0 bridgehead atoms. The molecule has 1 saturated carbocycles. The number of hydrogen-bond acceptors (Lipinski definition) is 3. The summed E-state index contributed by atoms with van der Waals surface area (Å²) in [5, 5.41) is 16.7. The lowest BCUT2D eigenvalue weighted by Gasteiger charge is -2.24. The highest BCUT2D eigenvalue weighted by Gasteiger charge is 2.24. The van der Waals surface area contributed by atoms with E-state index >= 15 is 0 Å². The fourth-order valence-electron chi connectivity index (χ4n) is 2.80. The Labute approximate surface area is 92.6 Å². The fraction of sp³-hybridized carbons (Fsp3) is 1.00. The SMILES string of the molecule is OC1CCCC1CNCC1CCCCN1. The predicted molar refractivity (Wildman–Crippen MR) is 61.9 cm³/mol. The molecule has 1 heterocycles. The van der Waals surface area contributed by atoms with Crippen molar-refractivity contribution in [2.45, 2.75) is 50.7 Å². The number of aliphatic hydroxyl groups is 1. The third-order valence-corrected chi connectivity index (χ3v) is 3.83. The zero-order chi connectivity index (χ0) is 10.5. The first-order valence-electron chi connectivity index (χ1n) is 6.48. The molecule has 2 fully saturated rings. The molecule has 88 valence electrons. The van der Waals surface area contributed by atoms with Crippen molar-refractivity contribution in [2.24, 2.45) is 5.92 Å². The number of rotatable bonds is 4. The first kappa shape index (κ1) is 11.4. The van der Waals surface area contributed by atoms with Crippen molar-refractivity contribution < 1.29 is 5.11 Å². The first-order valence-corrected chi connectivity index (χ1v) is 6.48. The molecule has 1 saturated heterocycles. The minimum atomic E-state index is -0.0446. The molecule has 3 nitrogen and oxygen atoms in total. The molecule has 0 aromatic rings. The van der Waals surface area contributed by atoms with E-state index in [2.05, 4.69) is 10.6 Å². The van der Waals surface area contributed by atoms with E-state index in [0.29, 0.717) is 12.0 Å². The van der Waals surface area contributed by atoms with E-state index in [1.54, 1.807) is 0 Å². The molecule has 1 aliphatic heterocycles. The van der Waals surface area contributed by atoms with Crippen LogP contribution in [0.3, 0.4) is 0 Å². The Hall–Kier alpha value is -0.120. The van der Waals surface area contributed by atoms with Crippen molar-refractivity contribution >= 4 is 0 Å². The second-order valence-electron chi connectivity index (χ2n) is 5.06. The van der Waals surface area contributed by atoms with Gasteiger partial charge in [0.15, 0.2) is 0 Å². The summed E-state index contributed by atoms with van der Waals surface area (Å²) < 4.78 is 0. The number of aliphatic hydroxyl groups excluding tert-OH is 1. The Kier molecular flexibility index (Phi) is 4.42. The van der Waals surface area contributed by atoms with Crippen LogP contribution in [0.1, 0.15) is 38.5 Å². The molecule has 0 spiro atoms. The van der Waals surface area contributed by atoms with Gasteiger partial charge in [-0.25, -0.2) is 0 Å². The third-order valence-electron chi connectivity index (χ3n) is 3.83. The lowest BCUT2D eigenvalue weighted by Crippen LogP contribution is -2.43. The van der Waals surface area contributed by atoms with Crippen molar-refractivity contribution in [1.29, 1.82) is 0 Å². The van der Waals surface area contributed by atoms with Crippen LogP contribution in [0.5, 0.6) is 0 Å². The summed E-state index contributed by atoms with van der Waals surface area (Å²) in [4.78, 5) is 0. The van der Waals surface area contributed by atoms with Crippen molar-refractivity contribution in [2.75, 3.05) is 19.6 Å². The van der Waals surface area contributed by atoms with Crippen molar-refractivity contribution in [3.8, 4) is 0 Å². The van der Waals surface area contributed by atoms with Crippen LogP contribution in [0.15, 0.2) is 0 Å². The quantitative estimate of drug-likeness (QED) is 0.648. The van der Waals surface area contributed by atoms with Gasteiger partial charge in [-0.1, -0.05) is 12.8 Å². The van der Waals surface area contributed by atoms with E-state index in [-0.39, 0.29) is 6.10 Å². The van der Waals surface area contributed by atoms with E-state index in [0.717, 1.165) is 19.5 Å². The van der Waals surface area contributed by atoms with E-state index in [9.17, 15) is 5.11 Å². The highest BCUT2D eigenvalue weighted by Crippen LogP contribution is 2.24. The molecule has 2 rings (SSSR count). The Balaban J connectivity index is 1.57. The normalized spacial score (nSPS) is 37.0. The Morgan fingerprint density at radius 1 is 1.07 bits per heavy atom. The number of hydrogen-bond donors (Lipinski definition) is 3. The van der Waals surface area contributed by atoms with Gasteiger partial charge in [0.2, 0.25) is 0 Å². The predicted octanol–water partition coefficient (Wildman–Crippen LogP) is 0.879. The van der Waals surface area contributed by atoms with Gasteiger partial charge >= 0.3 is 0 Å². The van der Waals surface area contributed by atoms with E-state index in [4.69, 9.17) is 0 Å². The smallest absolute Gasteiger partial charge is 0.0580 e. The van der Waals surface area contributed by atoms with Gasteiger partial charge in [0.25, 0.3) is 0 Å². The van der Waals surface area contributed by atoms with Crippen LogP contribution in [0, 0.1) is 5.92 Å². The Morgan fingerprint density at radius 3 is 2.67 bits per heavy atom. The van der Waals surface area contributed by atoms with Gasteiger partial charge in [-0.2, -0.15) is 0 Å². The lowest BCUT2D eigenvalue weighted by molar-refractivity contribution is 0.131. The second kappa shape index (κ2) is 5.83. The molecule has 2 aliphatic rings. The van der Waals surface area contributed by atoms with Crippen LogP contribution < -0.4 is 10.6 Å². The van der Waals surface area contributed by atoms with Crippen LogP contribution >= 0.6 is 0 Å². The van der Waals surface area contributed by atoms with Crippen molar-refractivity contribution in [3.05, 3.63) is 0 Å². The maximum atomic E-state index is 9.67. The Morgan fingerprint density at radius 2 is 2.00 bits per heavy atom. The average Bonchev–Trinajstić information content (AvgIpc) is 2.66. The average molecular weight is 212 g/mol. The number of nitrogens with one attached hydrogen (secondary N) is 2. The van der Waals surface area contributed by atoms with Crippen LogP contribution in [0.2, 0.25) is 0 Å². The van der Waals surface area contributed by atoms with Crippen LogP contribution in [-0.4, -0.2) is 36.9 Å². The van der Waals surface area contributed by atoms with Gasteiger partial charge in [0.05, 0.1) is 6.10 Å².